The molecule has 0 fully saturated rings. The van der Waals surface area contributed by atoms with Crippen molar-refractivity contribution in [2.75, 3.05) is 19.8 Å². The quantitative estimate of drug-likeness (QED) is 0.0345. The molecule has 0 aliphatic heterocycles. The predicted octanol–water partition coefficient (Wildman–Crippen LogP) is 22.1. The smallest absolute Gasteiger partial charge is 0.306 e. The van der Waals surface area contributed by atoms with Gasteiger partial charge in [0.1, 0.15) is 6.61 Å². The van der Waals surface area contributed by atoms with Crippen molar-refractivity contribution in [3.8, 4) is 0 Å². The molecule has 0 bridgehead atoms. The van der Waals surface area contributed by atoms with Crippen LogP contribution in [0, 0.1) is 0 Å². The highest BCUT2D eigenvalue weighted by molar-refractivity contribution is 5.70. The molecule has 1 atom stereocenters. The summed E-state index contributed by atoms with van der Waals surface area (Å²) in [7, 11) is 0. The second-order valence-electron chi connectivity index (χ2n) is 22.0. The van der Waals surface area contributed by atoms with Crippen LogP contribution in [-0.2, 0) is 23.8 Å². The van der Waals surface area contributed by atoms with Crippen molar-refractivity contribution < 1.29 is 23.8 Å². The molecule has 0 aromatic heterocycles. The first-order valence-electron chi connectivity index (χ1n) is 32.2. The Balaban J connectivity index is 4.20. The van der Waals surface area contributed by atoms with E-state index in [0.29, 0.717) is 26.1 Å². The van der Waals surface area contributed by atoms with Crippen LogP contribution in [0.5, 0.6) is 0 Å². The minimum absolute atomic E-state index is 0.0958. The van der Waals surface area contributed by atoms with E-state index in [4.69, 9.17) is 14.2 Å². The first kappa shape index (κ1) is 68.6. The second kappa shape index (κ2) is 61.9. The Morgan fingerprint density at radius 1 is 0.300 bits per heavy atom. The molecule has 0 rings (SSSR count). The van der Waals surface area contributed by atoms with Gasteiger partial charge in [0.25, 0.3) is 0 Å². The van der Waals surface area contributed by atoms with Gasteiger partial charge in [-0.25, -0.2) is 0 Å². The van der Waals surface area contributed by atoms with Crippen molar-refractivity contribution in [2.24, 2.45) is 0 Å². The minimum atomic E-state index is -0.529. The number of hydrogen-bond acceptors (Lipinski definition) is 5. The summed E-state index contributed by atoms with van der Waals surface area (Å²) in [5.41, 5.74) is 0. The molecule has 0 aliphatic carbocycles. The first-order valence-corrected chi connectivity index (χ1v) is 32.2. The van der Waals surface area contributed by atoms with E-state index in [9.17, 15) is 9.59 Å². The van der Waals surface area contributed by atoms with E-state index in [0.717, 1.165) is 32.1 Å². The summed E-state index contributed by atoms with van der Waals surface area (Å²) in [5, 5.41) is 0. The van der Waals surface area contributed by atoms with Gasteiger partial charge in [0.05, 0.1) is 6.61 Å². The third-order valence-corrected chi connectivity index (χ3v) is 14.8. The van der Waals surface area contributed by atoms with Gasteiger partial charge in [-0.3, -0.25) is 9.59 Å². The van der Waals surface area contributed by atoms with Crippen LogP contribution in [0.25, 0.3) is 0 Å². The third-order valence-electron chi connectivity index (χ3n) is 14.8. The fraction of sp³-hybridized carbons (Fsp3) is 0.938. The Bertz CT molecular complexity index is 1030. The molecule has 5 nitrogen and oxygen atoms in total. The lowest BCUT2D eigenvalue weighted by molar-refractivity contribution is -0.163. The number of ether oxygens (including phenoxy) is 3. The Kier molecular flexibility index (Phi) is 60.7. The summed E-state index contributed by atoms with van der Waals surface area (Å²) in [6.07, 6.45) is 73.9. The van der Waals surface area contributed by atoms with Crippen molar-refractivity contribution >= 4 is 11.9 Å². The van der Waals surface area contributed by atoms with Crippen LogP contribution < -0.4 is 0 Å². The molecule has 0 saturated heterocycles. The largest absolute Gasteiger partial charge is 0.462 e. The van der Waals surface area contributed by atoms with Gasteiger partial charge in [-0.05, 0) is 44.9 Å². The summed E-state index contributed by atoms with van der Waals surface area (Å²) < 4.78 is 17.6. The number of rotatable bonds is 61. The van der Waals surface area contributed by atoms with Gasteiger partial charge in [-0.2, -0.15) is 0 Å². The number of carbonyl (C=O) groups is 2. The number of esters is 2. The number of allylic oxidation sites excluding steroid dienone is 2. The van der Waals surface area contributed by atoms with E-state index < -0.39 is 6.10 Å². The SMILES string of the molecule is CCCCCCCC/C=C\CCCCCCCCCCCCOCC(COC(=O)CCCCCCCCCCCCCCCCCCC)OC(=O)CCCCCCCCCCCCCCCCCCC. The lowest BCUT2D eigenvalue weighted by atomic mass is 10.0. The molecule has 0 saturated carbocycles. The fourth-order valence-corrected chi connectivity index (χ4v) is 9.98. The summed E-state index contributed by atoms with van der Waals surface area (Å²) in [4.78, 5) is 25.6. The maximum atomic E-state index is 12.9. The standard InChI is InChI=1S/C65H126O5/c1-4-7-10-13-16-19-22-25-28-31-32-33-36-39-42-45-48-51-54-57-60-68-61-63(70-65(67)59-56-53-50-47-44-41-38-35-30-27-24-21-18-15-12-9-6-3)62-69-64(66)58-55-52-49-46-43-40-37-34-29-26-23-20-17-14-11-8-5-2/h25,28,63H,4-24,26-27,29-62H2,1-3H3/b28-25-. The summed E-state index contributed by atoms with van der Waals surface area (Å²) in [5.74, 6) is -0.365. The molecule has 0 aromatic carbocycles. The third kappa shape index (κ3) is 59.2. The average molecular weight is 988 g/mol. The Labute approximate surface area is 439 Å². The highest BCUT2D eigenvalue weighted by atomic mass is 16.6. The molecule has 0 N–H and O–H groups in total. The average Bonchev–Trinajstić information content (AvgIpc) is 3.36. The predicted molar refractivity (Wildman–Crippen MR) is 307 cm³/mol. The summed E-state index contributed by atoms with van der Waals surface area (Å²) in [6.45, 7) is 7.92. The van der Waals surface area contributed by atoms with Crippen LogP contribution >= 0.6 is 0 Å². The number of unbranched alkanes of at least 4 members (excludes halogenated alkanes) is 48. The molecule has 416 valence electrons. The second-order valence-corrected chi connectivity index (χ2v) is 22.0. The van der Waals surface area contributed by atoms with Crippen LogP contribution in [0.2, 0.25) is 0 Å². The molecule has 0 heterocycles. The topological polar surface area (TPSA) is 61.8 Å². The van der Waals surface area contributed by atoms with Gasteiger partial charge in [0.2, 0.25) is 0 Å². The van der Waals surface area contributed by atoms with Crippen LogP contribution in [0.3, 0.4) is 0 Å². The van der Waals surface area contributed by atoms with Crippen LogP contribution in [0.1, 0.15) is 367 Å². The van der Waals surface area contributed by atoms with Crippen molar-refractivity contribution in [3.63, 3.8) is 0 Å². The lowest BCUT2D eigenvalue weighted by Crippen LogP contribution is -2.30. The number of hydrogen-bond donors (Lipinski definition) is 0. The molecule has 0 radical (unpaired) electrons. The Morgan fingerprint density at radius 3 is 0.871 bits per heavy atom. The van der Waals surface area contributed by atoms with Gasteiger partial charge in [-0.1, -0.05) is 322 Å². The van der Waals surface area contributed by atoms with Gasteiger partial charge < -0.3 is 14.2 Å². The van der Waals surface area contributed by atoms with E-state index in [1.165, 1.54) is 302 Å². The van der Waals surface area contributed by atoms with Gasteiger partial charge >= 0.3 is 11.9 Å². The van der Waals surface area contributed by atoms with Gasteiger partial charge in [0.15, 0.2) is 6.10 Å². The maximum absolute atomic E-state index is 12.9. The Hall–Kier alpha value is -1.36. The number of carbonyl (C=O) groups excluding carboxylic acids is 2. The van der Waals surface area contributed by atoms with Gasteiger partial charge in [-0.15, -0.1) is 0 Å². The van der Waals surface area contributed by atoms with Crippen LogP contribution in [0.4, 0.5) is 0 Å². The molecule has 0 aliphatic rings. The van der Waals surface area contributed by atoms with Gasteiger partial charge in [0, 0.05) is 19.4 Å². The van der Waals surface area contributed by atoms with E-state index in [2.05, 4.69) is 32.9 Å². The van der Waals surface area contributed by atoms with Crippen LogP contribution in [0.15, 0.2) is 12.2 Å². The zero-order valence-electron chi connectivity index (χ0n) is 48.1. The highest BCUT2D eigenvalue weighted by Gasteiger charge is 2.18. The molecular formula is C65H126O5. The molecule has 70 heavy (non-hydrogen) atoms. The van der Waals surface area contributed by atoms with E-state index in [1.807, 2.05) is 0 Å². The molecule has 1 unspecified atom stereocenters. The zero-order chi connectivity index (χ0) is 50.6. The molecule has 0 spiro atoms. The monoisotopic (exact) mass is 987 g/mol. The van der Waals surface area contributed by atoms with Crippen molar-refractivity contribution in [1.29, 1.82) is 0 Å². The first-order chi connectivity index (χ1) is 34.6. The molecule has 5 heteroatoms. The van der Waals surface area contributed by atoms with E-state index in [-0.39, 0.29) is 18.5 Å². The summed E-state index contributed by atoms with van der Waals surface area (Å²) >= 11 is 0. The maximum Gasteiger partial charge on any atom is 0.306 e. The fourth-order valence-electron chi connectivity index (χ4n) is 9.98. The highest BCUT2D eigenvalue weighted by Crippen LogP contribution is 2.18. The van der Waals surface area contributed by atoms with Crippen molar-refractivity contribution in [2.45, 2.75) is 374 Å². The van der Waals surface area contributed by atoms with E-state index >= 15 is 0 Å². The molecular weight excluding hydrogens is 861 g/mol. The summed E-state index contributed by atoms with van der Waals surface area (Å²) in [6, 6.07) is 0. The van der Waals surface area contributed by atoms with E-state index in [1.54, 1.807) is 0 Å². The normalized spacial score (nSPS) is 12.1. The lowest BCUT2D eigenvalue weighted by Gasteiger charge is -2.18. The van der Waals surface area contributed by atoms with Crippen molar-refractivity contribution in [3.05, 3.63) is 12.2 Å². The molecule has 0 aromatic rings. The van der Waals surface area contributed by atoms with Crippen LogP contribution in [-0.4, -0.2) is 37.9 Å². The van der Waals surface area contributed by atoms with Crippen molar-refractivity contribution in [1.82, 2.24) is 0 Å². The Morgan fingerprint density at radius 2 is 0.557 bits per heavy atom. The minimum Gasteiger partial charge on any atom is -0.462 e. The zero-order valence-corrected chi connectivity index (χ0v) is 48.1. The molecule has 0 amide bonds.